The van der Waals surface area contributed by atoms with E-state index in [1.165, 1.54) is 25.7 Å². The Labute approximate surface area is 126 Å². The third-order valence-corrected chi connectivity index (χ3v) is 5.07. The van der Waals surface area contributed by atoms with E-state index in [1.807, 2.05) is 6.92 Å². The molecule has 3 rings (SSSR count). The number of hydrogen-bond acceptors (Lipinski definition) is 3. The lowest BCUT2D eigenvalue weighted by Crippen LogP contribution is -2.22. The highest BCUT2D eigenvalue weighted by Gasteiger charge is 2.53. The van der Waals surface area contributed by atoms with E-state index in [2.05, 4.69) is 31.1 Å². The molecule has 2 fully saturated rings. The van der Waals surface area contributed by atoms with Crippen LogP contribution in [-0.4, -0.2) is 16.5 Å². The van der Waals surface area contributed by atoms with Crippen molar-refractivity contribution >= 4 is 17.4 Å². The summed E-state index contributed by atoms with van der Waals surface area (Å²) in [5.41, 5.74) is 1.44. The molecule has 0 saturated heterocycles. The van der Waals surface area contributed by atoms with Crippen LogP contribution in [0.4, 0.5) is 5.82 Å². The number of hydrogen-bond donors (Lipinski definition) is 1. The minimum atomic E-state index is -0.0818. The van der Waals surface area contributed by atoms with E-state index in [9.17, 15) is 0 Å². The van der Waals surface area contributed by atoms with Crippen molar-refractivity contribution < 1.29 is 0 Å². The van der Waals surface area contributed by atoms with Crippen LogP contribution in [-0.2, 0) is 5.41 Å². The van der Waals surface area contributed by atoms with Gasteiger partial charge in [-0.1, -0.05) is 32.4 Å². The van der Waals surface area contributed by atoms with Gasteiger partial charge in [-0.05, 0) is 43.9 Å². The second kappa shape index (κ2) is 4.59. The predicted molar refractivity (Wildman–Crippen MR) is 83.4 cm³/mol. The maximum atomic E-state index is 6.27. The SMILES string of the molecule is Cc1c(Cl)nc(C(C)(C)C)nc1NCC1(C2CC2)CC1. The van der Waals surface area contributed by atoms with Crippen molar-refractivity contribution in [3.05, 3.63) is 16.5 Å². The van der Waals surface area contributed by atoms with Crippen LogP contribution >= 0.6 is 11.6 Å². The first-order chi connectivity index (χ1) is 9.32. The molecule has 2 aliphatic rings. The molecule has 1 N–H and O–H groups in total. The van der Waals surface area contributed by atoms with Gasteiger partial charge in [0.05, 0.1) is 0 Å². The molecular formula is C16H24ClN3. The van der Waals surface area contributed by atoms with Gasteiger partial charge in [0.15, 0.2) is 0 Å². The summed E-state index contributed by atoms with van der Waals surface area (Å²) in [5, 5.41) is 4.13. The standard InChI is InChI=1S/C16H24ClN3/c1-10-12(17)19-14(15(2,3)4)20-13(10)18-9-16(7-8-16)11-5-6-11/h11H,5-9H2,1-4H3,(H,18,19,20). The summed E-state index contributed by atoms with van der Waals surface area (Å²) >= 11 is 6.27. The molecule has 1 aromatic heterocycles. The van der Waals surface area contributed by atoms with Crippen molar-refractivity contribution in [1.29, 1.82) is 0 Å². The van der Waals surface area contributed by atoms with E-state index >= 15 is 0 Å². The van der Waals surface area contributed by atoms with Gasteiger partial charge in [-0.25, -0.2) is 9.97 Å². The van der Waals surface area contributed by atoms with Gasteiger partial charge >= 0.3 is 0 Å². The van der Waals surface area contributed by atoms with Gasteiger partial charge in [0.25, 0.3) is 0 Å². The van der Waals surface area contributed by atoms with Crippen LogP contribution in [0.3, 0.4) is 0 Å². The zero-order chi connectivity index (χ0) is 14.5. The first-order valence-corrected chi connectivity index (χ1v) is 7.98. The summed E-state index contributed by atoms with van der Waals surface area (Å²) in [5.74, 6) is 2.68. The third kappa shape index (κ3) is 2.65. The van der Waals surface area contributed by atoms with Crippen LogP contribution < -0.4 is 5.32 Å². The molecule has 3 nitrogen and oxygen atoms in total. The molecular weight excluding hydrogens is 270 g/mol. The second-order valence-corrected chi connectivity index (χ2v) is 7.91. The van der Waals surface area contributed by atoms with Gasteiger partial charge in [-0.3, -0.25) is 0 Å². The molecule has 1 heterocycles. The Bertz CT molecular complexity index is 525. The Morgan fingerprint density at radius 1 is 1.25 bits per heavy atom. The second-order valence-electron chi connectivity index (χ2n) is 7.55. The summed E-state index contributed by atoms with van der Waals surface area (Å²) in [4.78, 5) is 9.13. The highest BCUT2D eigenvalue weighted by atomic mass is 35.5. The van der Waals surface area contributed by atoms with Crippen molar-refractivity contribution in [3.8, 4) is 0 Å². The maximum absolute atomic E-state index is 6.27. The lowest BCUT2D eigenvalue weighted by Gasteiger charge is -2.21. The van der Waals surface area contributed by atoms with Crippen molar-refractivity contribution in [1.82, 2.24) is 9.97 Å². The highest BCUT2D eigenvalue weighted by Crippen LogP contribution is 2.61. The van der Waals surface area contributed by atoms with Gasteiger partial charge in [-0.2, -0.15) is 0 Å². The highest BCUT2D eigenvalue weighted by molar-refractivity contribution is 6.30. The quantitative estimate of drug-likeness (QED) is 0.839. The summed E-state index contributed by atoms with van der Waals surface area (Å²) in [6.07, 6.45) is 5.57. The van der Waals surface area contributed by atoms with Crippen LogP contribution in [0.5, 0.6) is 0 Å². The van der Waals surface area contributed by atoms with Crippen LogP contribution in [0.25, 0.3) is 0 Å². The number of anilines is 1. The molecule has 2 aliphatic carbocycles. The maximum Gasteiger partial charge on any atom is 0.137 e. The normalized spacial score (nSPS) is 20.9. The first-order valence-electron chi connectivity index (χ1n) is 7.60. The largest absolute Gasteiger partial charge is 0.369 e. The minimum absolute atomic E-state index is 0.0818. The van der Waals surface area contributed by atoms with Crippen molar-refractivity contribution in [2.75, 3.05) is 11.9 Å². The minimum Gasteiger partial charge on any atom is -0.369 e. The number of nitrogens with zero attached hydrogens (tertiary/aromatic N) is 2. The molecule has 0 bridgehead atoms. The average molecular weight is 294 g/mol. The zero-order valence-electron chi connectivity index (χ0n) is 12.9. The van der Waals surface area contributed by atoms with E-state index in [4.69, 9.17) is 16.6 Å². The monoisotopic (exact) mass is 293 g/mol. The van der Waals surface area contributed by atoms with Crippen molar-refractivity contribution in [2.45, 2.75) is 58.8 Å². The molecule has 0 atom stereocenters. The Hall–Kier alpha value is -0.830. The van der Waals surface area contributed by atoms with E-state index in [0.717, 1.165) is 29.7 Å². The van der Waals surface area contributed by atoms with Gasteiger partial charge in [0, 0.05) is 17.5 Å². The van der Waals surface area contributed by atoms with Gasteiger partial charge in [-0.15, -0.1) is 0 Å². The average Bonchev–Trinajstić information content (AvgIpc) is 3.23. The Morgan fingerprint density at radius 2 is 1.90 bits per heavy atom. The van der Waals surface area contributed by atoms with Crippen LogP contribution in [0.1, 0.15) is 57.8 Å². The first kappa shape index (κ1) is 14.1. The smallest absolute Gasteiger partial charge is 0.137 e. The number of rotatable bonds is 4. The molecule has 2 saturated carbocycles. The van der Waals surface area contributed by atoms with Crippen LogP contribution in [0.2, 0.25) is 5.15 Å². The summed E-state index contributed by atoms with van der Waals surface area (Å²) < 4.78 is 0. The molecule has 0 spiro atoms. The third-order valence-electron chi connectivity index (χ3n) is 4.70. The molecule has 1 aromatic rings. The molecule has 110 valence electrons. The molecule has 0 unspecified atom stereocenters. The lowest BCUT2D eigenvalue weighted by molar-refractivity contribution is 0.465. The molecule has 0 amide bonds. The van der Waals surface area contributed by atoms with Crippen molar-refractivity contribution in [2.24, 2.45) is 11.3 Å². The number of halogens is 1. The molecule has 4 heteroatoms. The Morgan fingerprint density at radius 3 is 2.40 bits per heavy atom. The van der Waals surface area contributed by atoms with Crippen LogP contribution in [0.15, 0.2) is 0 Å². The van der Waals surface area contributed by atoms with Gasteiger partial charge in [0.2, 0.25) is 0 Å². The van der Waals surface area contributed by atoms with Gasteiger partial charge in [0.1, 0.15) is 16.8 Å². The summed E-state index contributed by atoms with van der Waals surface area (Å²) in [6, 6.07) is 0. The van der Waals surface area contributed by atoms with E-state index in [-0.39, 0.29) is 5.41 Å². The number of aromatic nitrogens is 2. The fraction of sp³-hybridized carbons (Fsp3) is 0.750. The van der Waals surface area contributed by atoms with Crippen LogP contribution in [0, 0.1) is 18.3 Å². The fourth-order valence-electron chi connectivity index (χ4n) is 2.84. The number of nitrogens with one attached hydrogen (secondary N) is 1. The molecule has 0 aromatic carbocycles. The molecule has 0 aliphatic heterocycles. The Balaban J connectivity index is 1.79. The van der Waals surface area contributed by atoms with E-state index in [1.54, 1.807) is 0 Å². The predicted octanol–water partition coefficient (Wildman–Crippen LogP) is 4.34. The van der Waals surface area contributed by atoms with E-state index < -0.39 is 0 Å². The van der Waals surface area contributed by atoms with Gasteiger partial charge < -0.3 is 5.32 Å². The molecule has 20 heavy (non-hydrogen) atoms. The Kier molecular flexibility index (Phi) is 3.24. The molecule has 0 radical (unpaired) electrons. The topological polar surface area (TPSA) is 37.8 Å². The zero-order valence-corrected chi connectivity index (χ0v) is 13.6. The van der Waals surface area contributed by atoms with Crippen molar-refractivity contribution in [3.63, 3.8) is 0 Å². The summed E-state index contributed by atoms with van der Waals surface area (Å²) in [6.45, 7) is 9.38. The summed E-state index contributed by atoms with van der Waals surface area (Å²) in [7, 11) is 0. The van der Waals surface area contributed by atoms with E-state index in [0.29, 0.717) is 10.6 Å². The fourth-order valence-corrected chi connectivity index (χ4v) is 3.01. The lowest BCUT2D eigenvalue weighted by atomic mass is 9.95.